The molecule has 2 heterocycles. The molecule has 0 spiro atoms. The quantitative estimate of drug-likeness (QED) is 0.165. The number of aryl methyl sites for hydroxylation is 2. The number of hydrogen-bond acceptors (Lipinski definition) is 4. The summed E-state index contributed by atoms with van der Waals surface area (Å²) in [7, 11) is 0. The maximum absolute atomic E-state index is 9.07. The van der Waals surface area contributed by atoms with Gasteiger partial charge in [0.15, 0.2) is 0 Å². The van der Waals surface area contributed by atoms with Crippen LogP contribution in [0.25, 0.3) is 44.8 Å². The summed E-state index contributed by atoms with van der Waals surface area (Å²) in [4.78, 5) is 9.48. The molecule has 6 aromatic rings. The Labute approximate surface area is 273 Å². The summed E-state index contributed by atoms with van der Waals surface area (Å²) in [6.45, 7) is 6.15. The number of halogens is 2. The Kier molecular flexibility index (Phi) is 11.4. The maximum Gasteiger partial charge on any atom is 0.141 e. The van der Waals surface area contributed by atoms with Crippen molar-refractivity contribution in [2.45, 2.75) is 52.6 Å². The van der Waals surface area contributed by atoms with Crippen molar-refractivity contribution < 1.29 is 5.48 Å². The summed E-state index contributed by atoms with van der Waals surface area (Å²) in [6.07, 6.45) is 4.40. The van der Waals surface area contributed by atoms with Gasteiger partial charge in [0.05, 0.1) is 45.3 Å². The summed E-state index contributed by atoms with van der Waals surface area (Å²) in [5.74, 6) is 1.81. The molecule has 45 heavy (non-hydrogen) atoms. The van der Waals surface area contributed by atoms with Crippen LogP contribution < -0.4 is 0 Å². The van der Waals surface area contributed by atoms with Gasteiger partial charge in [0, 0.05) is 34.3 Å². The molecular weight excluding hydrogens is 603 g/mol. The molecule has 7 nitrogen and oxygen atoms in total. The van der Waals surface area contributed by atoms with Crippen molar-refractivity contribution in [1.29, 1.82) is 10.5 Å². The van der Waals surface area contributed by atoms with Crippen molar-refractivity contribution in [3.8, 4) is 34.9 Å². The highest BCUT2D eigenvalue weighted by atomic mass is 35.5. The van der Waals surface area contributed by atoms with E-state index >= 15 is 0 Å². The van der Waals surface area contributed by atoms with Crippen molar-refractivity contribution in [2.75, 3.05) is 0 Å². The maximum atomic E-state index is 9.07. The van der Waals surface area contributed by atoms with Crippen molar-refractivity contribution in [3.63, 3.8) is 0 Å². The largest absolute Gasteiger partial charge is 0.412 e. The molecule has 0 aliphatic heterocycles. The molecule has 0 bridgehead atoms. The predicted octanol–water partition coefficient (Wildman–Crippen LogP) is 9.23. The molecule has 9 heteroatoms. The molecule has 0 fully saturated rings. The van der Waals surface area contributed by atoms with Gasteiger partial charge < -0.3 is 14.6 Å². The Morgan fingerprint density at radius 1 is 0.622 bits per heavy atom. The van der Waals surface area contributed by atoms with Crippen LogP contribution in [0.4, 0.5) is 0 Å². The number of benzene rings is 4. The zero-order valence-corrected chi connectivity index (χ0v) is 26.8. The van der Waals surface area contributed by atoms with Gasteiger partial charge >= 0.3 is 0 Å². The molecule has 0 atom stereocenters. The van der Waals surface area contributed by atoms with Crippen molar-refractivity contribution >= 4 is 45.3 Å². The first-order valence-electron chi connectivity index (χ1n) is 14.8. The Balaban J connectivity index is 0.000000200. The average molecular weight is 638 g/mol. The van der Waals surface area contributed by atoms with Gasteiger partial charge in [-0.25, -0.2) is 9.97 Å². The topological polar surface area (TPSA) is 115 Å². The van der Waals surface area contributed by atoms with Crippen molar-refractivity contribution in [1.82, 2.24) is 19.1 Å². The normalized spacial score (nSPS) is 10.5. The van der Waals surface area contributed by atoms with Gasteiger partial charge in [-0.15, -0.1) is 0 Å². The second-order valence-electron chi connectivity index (χ2n) is 10.5. The third kappa shape index (κ3) is 7.53. The number of nitriles is 2. The lowest BCUT2D eigenvalue weighted by Gasteiger charge is -2.09. The second kappa shape index (κ2) is 15.4. The van der Waals surface area contributed by atoms with Crippen LogP contribution in [0.15, 0.2) is 84.9 Å². The van der Waals surface area contributed by atoms with E-state index < -0.39 is 0 Å². The van der Waals surface area contributed by atoms with E-state index in [0.29, 0.717) is 21.2 Å². The van der Waals surface area contributed by atoms with Crippen molar-refractivity contribution in [2.24, 2.45) is 0 Å². The number of fused-ring (bicyclic) bond motifs is 2. The Morgan fingerprint density at radius 2 is 1.04 bits per heavy atom. The molecule has 2 aromatic heterocycles. The zero-order valence-electron chi connectivity index (χ0n) is 25.3. The fraction of sp³-hybridized carbons (Fsp3) is 0.222. The molecule has 0 radical (unpaired) electrons. The minimum atomic E-state index is 0. The first kappa shape index (κ1) is 33.2. The molecule has 0 saturated carbocycles. The number of hydrogen-bond donors (Lipinski definition) is 0. The zero-order chi connectivity index (χ0) is 31.1. The first-order chi connectivity index (χ1) is 21.4. The lowest BCUT2D eigenvalue weighted by atomic mass is 10.2. The van der Waals surface area contributed by atoms with Gasteiger partial charge in [0.1, 0.15) is 11.6 Å². The van der Waals surface area contributed by atoms with Gasteiger partial charge in [0.2, 0.25) is 0 Å². The van der Waals surface area contributed by atoms with Crippen LogP contribution in [-0.2, 0) is 13.1 Å². The predicted molar refractivity (Wildman–Crippen MR) is 183 cm³/mol. The molecule has 2 N–H and O–H groups in total. The van der Waals surface area contributed by atoms with Crippen LogP contribution in [0.5, 0.6) is 0 Å². The minimum absolute atomic E-state index is 0. The fourth-order valence-electron chi connectivity index (χ4n) is 5.18. The summed E-state index contributed by atoms with van der Waals surface area (Å²) in [6, 6.07) is 31.1. The van der Waals surface area contributed by atoms with Gasteiger partial charge in [-0.05, 0) is 73.5 Å². The van der Waals surface area contributed by atoms with E-state index in [-0.39, 0.29) is 5.48 Å². The highest BCUT2D eigenvalue weighted by Gasteiger charge is 2.14. The van der Waals surface area contributed by atoms with Gasteiger partial charge in [0.25, 0.3) is 0 Å². The Bertz CT molecular complexity index is 1870. The monoisotopic (exact) mass is 636 g/mol. The molecule has 4 aromatic carbocycles. The van der Waals surface area contributed by atoms with E-state index in [1.165, 1.54) is 0 Å². The molecule has 0 unspecified atom stereocenters. The summed E-state index contributed by atoms with van der Waals surface area (Å²) >= 11 is 12.2. The SMILES string of the molecule is CCCCn1c(-c2cccc(Cl)c2)nc2cc(C#N)ccc21.CCCCn1c(-c2cccc(Cl)c2)nc2cc(C#N)ccc21.O. The summed E-state index contributed by atoms with van der Waals surface area (Å²) in [5.41, 5.74) is 7.08. The molecule has 0 amide bonds. The Hall–Kier alpha value is -4.66. The average Bonchev–Trinajstić information content (AvgIpc) is 3.60. The van der Waals surface area contributed by atoms with Gasteiger partial charge in [-0.2, -0.15) is 10.5 Å². The molecule has 0 aliphatic carbocycles. The summed E-state index contributed by atoms with van der Waals surface area (Å²) < 4.78 is 4.43. The number of unbranched alkanes of at least 4 members (excludes halogenated alkanes) is 2. The van der Waals surface area contributed by atoms with Crippen LogP contribution >= 0.6 is 23.2 Å². The van der Waals surface area contributed by atoms with Crippen LogP contribution in [-0.4, -0.2) is 24.6 Å². The van der Waals surface area contributed by atoms with Crippen LogP contribution in [0.1, 0.15) is 50.7 Å². The van der Waals surface area contributed by atoms with Crippen LogP contribution in [0, 0.1) is 22.7 Å². The minimum Gasteiger partial charge on any atom is -0.412 e. The van der Waals surface area contributed by atoms with Crippen LogP contribution in [0.3, 0.4) is 0 Å². The third-order valence-corrected chi connectivity index (χ3v) is 7.86. The molecular formula is C36H34Cl2N6O. The summed E-state index contributed by atoms with van der Waals surface area (Å²) in [5, 5.41) is 19.5. The molecule has 0 aliphatic rings. The first-order valence-corrected chi connectivity index (χ1v) is 15.5. The van der Waals surface area contributed by atoms with Crippen LogP contribution in [0.2, 0.25) is 10.0 Å². The van der Waals surface area contributed by atoms with E-state index in [1.54, 1.807) is 0 Å². The lowest BCUT2D eigenvalue weighted by molar-refractivity contribution is 0.651. The molecule has 228 valence electrons. The standard InChI is InChI=1S/2C18H16ClN3.H2O/c2*1-2-3-9-22-17-8-7-13(12-20)10-16(17)21-18(22)14-5-4-6-15(19)11-14;/h2*4-8,10-11H,2-3,9H2,1H3;1H2. The van der Waals surface area contributed by atoms with E-state index in [0.717, 1.165) is 83.6 Å². The molecule has 0 saturated heterocycles. The number of aromatic nitrogens is 4. The van der Waals surface area contributed by atoms with E-state index in [9.17, 15) is 0 Å². The third-order valence-electron chi connectivity index (χ3n) is 7.39. The van der Waals surface area contributed by atoms with E-state index in [4.69, 9.17) is 43.7 Å². The molecule has 6 rings (SSSR count). The number of rotatable bonds is 8. The van der Waals surface area contributed by atoms with E-state index in [2.05, 4.69) is 35.1 Å². The second-order valence-corrected chi connectivity index (χ2v) is 11.4. The number of imidazole rings is 2. The van der Waals surface area contributed by atoms with Gasteiger partial charge in [-0.3, -0.25) is 0 Å². The number of nitrogens with zero attached hydrogens (tertiary/aromatic N) is 6. The fourth-order valence-corrected chi connectivity index (χ4v) is 5.56. The highest BCUT2D eigenvalue weighted by molar-refractivity contribution is 6.31. The van der Waals surface area contributed by atoms with Crippen molar-refractivity contribution in [3.05, 3.63) is 106 Å². The Morgan fingerprint density at radius 3 is 1.40 bits per heavy atom. The van der Waals surface area contributed by atoms with E-state index in [1.807, 2.05) is 84.9 Å². The smallest absolute Gasteiger partial charge is 0.141 e. The van der Waals surface area contributed by atoms with Gasteiger partial charge in [-0.1, -0.05) is 74.2 Å². The highest BCUT2D eigenvalue weighted by Crippen LogP contribution is 2.29. The lowest BCUT2D eigenvalue weighted by Crippen LogP contribution is -2.00.